The molecular formula is C22H24N8O. The van der Waals surface area contributed by atoms with E-state index in [0.717, 1.165) is 41.8 Å². The van der Waals surface area contributed by atoms with Crippen LogP contribution in [0, 0.1) is 0 Å². The molecule has 0 atom stereocenters. The van der Waals surface area contributed by atoms with Crippen LogP contribution < -0.4 is 0 Å². The van der Waals surface area contributed by atoms with Gasteiger partial charge in [0.1, 0.15) is 11.5 Å². The number of hydrogen-bond donors (Lipinski definition) is 1. The first-order valence-electron chi connectivity index (χ1n) is 10.4. The first-order chi connectivity index (χ1) is 15.2. The number of aromatic nitrogens is 8. The van der Waals surface area contributed by atoms with Crippen LogP contribution in [0.3, 0.4) is 0 Å². The summed E-state index contributed by atoms with van der Waals surface area (Å²) in [4.78, 5) is 21.2. The Kier molecular flexibility index (Phi) is 6.21. The van der Waals surface area contributed by atoms with E-state index in [4.69, 9.17) is 0 Å². The first kappa shape index (κ1) is 20.5. The van der Waals surface area contributed by atoms with Crippen molar-refractivity contribution < 1.29 is 4.79 Å². The van der Waals surface area contributed by atoms with Crippen LogP contribution in [0.15, 0.2) is 42.6 Å². The maximum absolute atomic E-state index is 12.2. The second-order valence-electron chi connectivity index (χ2n) is 7.28. The molecule has 0 saturated carbocycles. The molecule has 158 valence electrons. The van der Waals surface area contributed by atoms with Crippen molar-refractivity contribution in [3.63, 3.8) is 0 Å². The summed E-state index contributed by atoms with van der Waals surface area (Å²) in [5.74, 6) is 1.69. The molecule has 0 radical (unpaired) electrons. The zero-order valence-corrected chi connectivity index (χ0v) is 17.6. The Bertz CT molecular complexity index is 1150. The van der Waals surface area contributed by atoms with Crippen molar-refractivity contribution >= 4 is 5.78 Å². The first-order valence-corrected chi connectivity index (χ1v) is 10.4. The molecule has 9 nitrogen and oxygen atoms in total. The van der Waals surface area contributed by atoms with E-state index in [0.29, 0.717) is 30.3 Å². The molecule has 1 aromatic carbocycles. The molecule has 0 spiro atoms. The van der Waals surface area contributed by atoms with E-state index in [1.54, 1.807) is 6.20 Å². The normalized spacial score (nSPS) is 11.0. The number of pyridine rings is 1. The fourth-order valence-corrected chi connectivity index (χ4v) is 3.42. The van der Waals surface area contributed by atoms with E-state index in [-0.39, 0.29) is 5.78 Å². The van der Waals surface area contributed by atoms with Gasteiger partial charge in [-0.15, -0.1) is 10.2 Å². The monoisotopic (exact) mass is 416 g/mol. The summed E-state index contributed by atoms with van der Waals surface area (Å²) >= 11 is 0. The Balaban J connectivity index is 1.58. The summed E-state index contributed by atoms with van der Waals surface area (Å²) in [6, 6.07) is 12.1. The smallest absolute Gasteiger partial charge is 0.217 e. The van der Waals surface area contributed by atoms with Crippen LogP contribution in [0.25, 0.3) is 22.6 Å². The number of rotatable bonds is 9. The molecule has 0 amide bonds. The van der Waals surface area contributed by atoms with Gasteiger partial charge in [0.25, 0.3) is 0 Å². The van der Waals surface area contributed by atoms with Crippen molar-refractivity contribution in [1.29, 1.82) is 0 Å². The van der Waals surface area contributed by atoms with Crippen molar-refractivity contribution in [2.24, 2.45) is 0 Å². The second kappa shape index (κ2) is 9.38. The number of nitrogens with zero attached hydrogens (tertiary/aromatic N) is 7. The predicted molar refractivity (Wildman–Crippen MR) is 115 cm³/mol. The van der Waals surface area contributed by atoms with Gasteiger partial charge in [0, 0.05) is 24.6 Å². The quantitative estimate of drug-likeness (QED) is 0.415. The minimum atomic E-state index is -0.0000335. The Morgan fingerprint density at radius 2 is 1.94 bits per heavy atom. The highest BCUT2D eigenvalue weighted by molar-refractivity contribution is 5.92. The van der Waals surface area contributed by atoms with Crippen molar-refractivity contribution in [2.75, 3.05) is 0 Å². The summed E-state index contributed by atoms with van der Waals surface area (Å²) in [7, 11) is 0. The van der Waals surface area contributed by atoms with Gasteiger partial charge >= 0.3 is 0 Å². The standard InChI is InChI=1S/C22H24N8O/c1-3-6-18(31)21-24-19(7-4-2)30(27-21)14-15-9-11-16(12-10-15)17-8-5-13-23-20(17)22-25-28-29-26-22/h5,8-13H,3-4,6-7,14H2,1-2H3,(H,25,26,28,29). The van der Waals surface area contributed by atoms with Gasteiger partial charge in [0.05, 0.1) is 6.54 Å². The number of aryl methyl sites for hydroxylation is 1. The van der Waals surface area contributed by atoms with Crippen molar-refractivity contribution in [2.45, 2.75) is 46.1 Å². The number of benzene rings is 1. The van der Waals surface area contributed by atoms with E-state index in [9.17, 15) is 4.79 Å². The predicted octanol–water partition coefficient (Wildman–Crippen LogP) is 3.50. The molecule has 0 aliphatic carbocycles. The lowest BCUT2D eigenvalue weighted by Crippen LogP contribution is -2.07. The number of carbonyl (C=O) groups excluding carboxylic acids is 1. The largest absolute Gasteiger partial charge is 0.291 e. The van der Waals surface area contributed by atoms with Gasteiger partial charge in [-0.25, -0.2) is 14.8 Å². The van der Waals surface area contributed by atoms with Gasteiger partial charge in [-0.2, -0.15) is 0 Å². The molecule has 0 unspecified atom stereocenters. The molecule has 4 aromatic rings. The van der Waals surface area contributed by atoms with Gasteiger partial charge in [-0.05, 0) is 40.5 Å². The molecule has 9 heteroatoms. The SMILES string of the molecule is CCCC(=O)c1nc(CCC)n(Cc2ccc(-c3cccnc3-c3nnn[nH]3)cc2)n1. The molecule has 4 rings (SSSR count). The Labute approximate surface area is 180 Å². The fourth-order valence-electron chi connectivity index (χ4n) is 3.42. The average molecular weight is 416 g/mol. The zero-order valence-electron chi connectivity index (χ0n) is 17.6. The van der Waals surface area contributed by atoms with Crippen LogP contribution in [-0.4, -0.2) is 46.2 Å². The van der Waals surface area contributed by atoms with Gasteiger partial charge in [0.15, 0.2) is 5.82 Å². The van der Waals surface area contributed by atoms with E-state index in [2.05, 4.69) is 54.7 Å². The molecule has 0 saturated heterocycles. The highest BCUT2D eigenvalue weighted by Crippen LogP contribution is 2.28. The molecule has 0 aliphatic heterocycles. The van der Waals surface area contributed by atoms with Gasteiger partial charge in [-0.1, -0.05) is 44.2 Å². The lowest BCUT2D eigenvalue weighted by Gasteiger charge is -2.09. The van der Waals surface area contributed by atoms with Crippen molar-refractivity contribution in [3.05, 3.63) is 59.8 Å². The minimum absolute atomic E-state index is 0.0000335. The average Bonchev–Trinajstić information content (AvgIpc) is 3.46. The summed E-state index contributed by atoms with van der Waals surface area (Å²) in [6.45, 7) is 4.64. The van der Waals surface area contributed by atoms with Crippen LogP contribution in [0.5, 0.6) is 0 Å². The molecule has 31 heavy (non-hydrogen) atoms. The molecule has 1 N–H and O–H groups in total. The summed E-state index contributed by atoms with van der Waals surface area (Å²) in [5, 5.41) is 18.5. The third-order valence-corrected chi connectivity index (χ3v) is 4.92. The van der Waals surface area contributed by atoms with Gasteiger partial charge in [-0.3, -0.25) is 9.78 Å². The number of H-pyrrole nitrogens is 1. The Morgan fingerprint density at radius 1 is 1.10 bits per heavy atom. The van der Waals surface area contributed by atoms with Crippen molar-refractivity contribution in [1.82, 2.24) is 40.4 Å². The number of nitrogens with one attached hydrogen (secondary N) is 1. The van der Waals surface area contributed by atoms with E-state index in [1.165, 1.54) is 0 Å². The van der Waals surface area contributed by atoms with E-state index < -0.39 is 0 Å². The molecule has 3 aromatic heterocycles. The summed E-state index contributed by atoms with van der Waals surface area (Å²) < 4.78 is 1.84. The second-order valence-corrected chi connectivity index (χ2v) is 7.28. The van der Waals surface area contributed by atoms with E-state index >= 15 is 0 Å². The fraction of sp³-hybridized carbons (Fsp3) is 0.318. The number of aromatic amines is 1. The lowest BCUT2D eigenvalue weighted by atomic mass is 10.0. The number of hydrogen-bond acceptors (Lipinski definition) is 7. The minimum Gasteiger partial charge on any atom is -0.291 e. The molecule has 0 aliphatic rings. The van der Waals surface area contributed by atoms with Crippen LogP contribution in [0.4, 0.5) is 0 Å². The molecule has 3 heterocycles. The van der Waals surface area contributed by atoms with Crippen LogP contribution in [0.2, 0.25) is 0 Å². The molecular weight excluding hydrogens is 392 g/mol. The maximum Gasteiger partial charge on any atom is 0.217 e. The van der Waals surface area contributed by atoms with Gasteiger partial charge in [0.2, 0.25) is 11.6 Å². The topological polar surface area (TPSA) is 115 Å². The van der Waals surface area contributed by atoms with Crippen LogP contribution >= 0.6 is 0 Å². The zero-order chi connectivity index (χ0) is 21.6. The number of tetrazole rings is 1. The van der Waals surface area contributed by atoms with Gasteiger partial charge < -0.3 is 0 Å². The van der Waals surface area contributed by atoms with Crippen LogP contribution in [-0.2, 0) is 13.0 Å². The molecule has 0 bridgehead atoms. The molecule has 0 fully saturated rings. The Morgan fingerprint density at radius 3 is 2.65 bits per heavy atom. The van der Waals surface area contributed by atoms with E-state index in [1.807, 2.05) is 35.9 Å². The summed E-state index contributed by atoms with van der Waals surface area (Å²) in [6.07, 6.45) is 4.71. The highest BCUT2D eigenvalue weighted by atomic mass is 16.1. The number of ketones is 1. The third-order valence-electron chi connectivity index (χ3n) is 4.92. The highest BCUT2D eigenvalue weighted by Gasteiger charge is 2.16. The third kappa shape index (κ3) is 4.55. The Hall–Kier alpha value is -3.75. The number of carbonyl (C=O) groups is 1. The number of Topliss-reactive ketones (excluding diaryl/α,β-unsaturated/α-hetero) is 1. The summed E-state index contributed by atoms with van der Waals surface area (Å²) in [5.41, 5.74) is 3.72. The van der Waals surface area contributed by atoms with Crippen LogP contribution in [0.1, 0.15) is 55.1 Å². The lowest BCUT2D eigenvalue weighted by molar-refractivity contribution is 0.0971. The maximum atomic E-state index is 12.2. The van der Waals surface area contributed by atoms with Crippen molar-refractivity contribution in [3.8, 4) is 22.6 Å².